The van der Waals surface area contributed by atoms with Gasteiger partial charge in [0.25, 0.3) is 0 Å². The van der Waals surface area contributed by atoms with Crippen LogP contribution in [-0.2, 0) is 4.79 Å². The molecule has 72 valence electrons. The summed E-state index contributed by atoms with van der Waals surface area (Å²) in [5.74, 6) is -0.00704. The van der Waals surface area contributed by atoms with E-state index in [0.717, 1.165) is 25.2 Å². The molecule has 2 saturated carbocycles. The molecule has 2 heteroatoms. The van der Waals surface area contributed by atoms with Gasteiger partial charge in [-0.05, 0) is 31.6 Å². The topological polar surface area (TPSA) is 37.3 Å². The Kier molecular flexibility index (Phi) is 1.94. The predicted octanol–water partition coefficient (Wildman–Crippen LogP) is 2.60. The Morgan fingerprint density at radius 2 is 2.15 bits per heavy atom. The van der Waals surface area contributed by atoms with Crippen molar-refractivity contribution in [1.82, 2.24) is 0 Å². The molecule has 0 radical (unpaired) electrons. The standard InChI is InChI=1S/C11H16O2/c1-8(10(12)13)11-5-2-3-9(7-11)4-6-11/h9H,1-7H2,(H,12,13). The van der Waals surface area contributed by atoms with E-state index in [9.17, 15) is 4.79 Å². The van der Waals surface area contributed by atoms with Crippen LogP contribution in [0, 0.1) is 11.3 Å². The van der Waals surface area contributed by atoms with Gasteiger partial charge < -0.3 is 5.11 Å². The van der Waals surface area contributed by atoms with Crippen LogP contribution in [0.1, 0.15) is 38.5 Å². The summed E-state index contributed by atoms with van der Waals surface area (Å²) < 4.78 is 0. The molecule has 2 fully saturated rings. The minimum atomic E-state index is -0.789. The van der Waals surface area contributed by atoms with Crippen LogP contribution in [0.5, 0.6) is 0 Å². The lowest BCUT2D eigenvalue weighted by Gasteiger charge is -2.33. The van der Waals surface area contributed by atoms with Gasteiger partial charge in [-0.3, -0.25) is 0 Å². The average molecular weight is 180 g/mol. The van der Waals surface area contributed by atoms with Crippen molar-refractivity contribution in [3.8, 4) is 0 Å². The Hall–Kier alpha value is -0.790. The third kappa shape index (κ3) is 1.28. The van der Waals surface area contributed by atoms with E-state index in [1.807, 2.05) is 0 Å². The maximum absolute atomic E-state index is 10.9. The molecule has 2 atom stereocenters. The zero-order valence-corrected chi connectivity index (χ0v) is 7.88. The lowest BCUT2D eigenvalue weighted by molar-refractivity contribution is -0.134. The second kappa shape index (κ2) is 2.86. The summed E-state index contributed by atoms with van der Waals surface area (Å²) in [5.41, 5.74) is 0.448. The average Bonchev–Trinajstić information content (AvgIpc) is 2.42. The molecule has 2 aliphatic rings. The van der Waals surface area contributed by atoms with Crippen molar-refractivity contribution in [2.45, 2.75) is 38.5 Å². The van der Waals surface area contributed by atoms with E-state index in [0.29, 0.717) is 5.57 Å². The molecule has 0 aromatic rings. The maximum atomic E-state index is 10.9. The molecule has 2 aliphatic carbocycles. The van der Waals surface area contributed by atoms with Crippen LogP contribution in [0.15, 0.2) is 12.2 Å². The predicted molar refractivity (Wildman–Crippen MR) is 50.4 cm³/mol. The van der Waals surface area contributed by atoms with E-state index in [4.69, 9.17) is 5.11 Å². The molecule has 0 saturated heterocycles. The van der Waals surface area contributed by atoms with Gasteiger partial charge in [0.1, 0.15) is 0 Å². The molecule has 13 heavy (non-hydrogen) atoms. The van der Waals surface area contributed by atoms with Crippen LogP contribution in [0.2, 0.25) is 0 Å². The minimum absolute atomic E-state index is 0.0191. The van der Waals surface area contributed by atoms with Crippen LogP contribution < -0.4 is 0 Å². The second-order valence-electron chi connectivity index (χ2n) is 4.57. The van der Waals surface area contributed by atoms with E-state index >= 15 is 0 Å². The molecule has 0 heterocycles. The smallest absolute Gasteiger partial charge is 0.331 e. The van der Waals surface area contributed by atoms with Crippen molar-refractivity contribution in [2.75, 3.05) is 0 Å². The van der Waals surface area contributed by atoms with Crippen molar-refractivity contribution < 1.29 is 9.90 Å². The molecule has 0 amide bonds. The van der Waals surface area contributed by atoms with Gasteiger partial charge >= 0.3 is 5.97 Å². The third-order valence-corrected chi connectivity index (χ3v) is 3.88. The Morgan fingerprint density at radius 3 is 2.85 bits per heavy atom. The molecule has 0 aromatic heterocycles. The first-order valence-electron chi connectivity index (χ1n) is 5.07. The fraction of sp³-hybridized carbons (Fsp3) is 0.727. The van der Waals surface area contributed by atoms with Crippen LogP contribution in [0.25, 0.3) is 0 Å². The minimum Gasteiger partial charge on any atom is -0.478 e. The molecular weight excluding hydrogens is 164 g/mol. The number of aliphatic carboxylic acids is 1. The summed E-state index contributed by atoms with van der Waals surface area (Å²) in [5, 5.41) is 8.95. The SMILES string of the molecule is C=C(C(=O)O)C12CCCC(CC1)C2. The quantitative estimate of drug-likeness (QED) is 0.663. The van der Waals surface area contributed by atoms with Gasteiger partial charge in [0.05, 0.1) is 0 Å². The number of carboxylic acids is 1. The normalized spacial score (nSPS) is 37.4. The fourth-order valence-electron chi connectivity index (χ4n) is 3.09. The van der Waals surface area contributed by atoms with Gasteiger partial charge in [0, 0.05) is 11.0 Å². The summed E-state index contributed by atoms with van der Waals surface area (Å²) in [6, 6.07) is 0. The van der Waals surface area contributed by atoms with Crippen LogP contribution in [0.4, 0.5) is 0 Å². The van der Waals surface area contributed by atoms with Crippen molar-refractivity contribution in [3.05, 3.63) is 12.2 Å². The van der Waals surface area contributed by atoms with Gasteiger partial charge in [-0.15, -0.1) is 0 Å². The van der Waals surface area contributed by atoms with E-state index in [-0.39, 0.29) is 5.41 Å². The summed E-state index contributed by atoms with van der Waals surface area (Å²) >= 11 is 0. The molecule has 1 N–H and O–H groups in total. The molecule has 2 rings (SSSR count). The Morgan fingerprint density at radius 1 is 1.38 bits per heavy atom. The molecular formula is C11H16O2. The maximum Gasteiger partial charge on any atom is 0.331 e. The van der Waals surface area contributed by atoms with Crippen LogP contribution in [-0.4, -0.2) is 11.1 Å². The van der Waals surface area contributed by atoms with Gasteiger partial charge in [-0.2, -0.15) is 0 Å². The van der Waals surface area contributed by atoms with E-state index in [2.05, 4.69) is 6.58 Å². The number of hydrogen-bond acceptors (Lipinski definition) is 1. The first kappa shape index (κ1) is 8.79. The summed E-state index contributed by atoms with van der Waals surface area (Å²) in [6.07, 6.45) is 6.90. The van der Waals surface area contributed by atoms with Crippen molar-refractivity contribution >= 4 is 5.97 Å². The number of hydrogen-bond donors (Lipinski definition) is 1. The monoisotopic (exact) mass is 180 g/mol. The highest BCUT2D eigenvalue weighted by Crippen LogP contribution is 2.54. The molecule has 2 unspecified atom stereocenters. The van der Waals surface area contributed by atoms with E-state index < -0.39 is 5.97 Å². The van der Waals surface area contributed by atoms with E-state index in [1.165, 1.54) is 19.3 Å². The number of rotatable bonds is 2. The molecule has 0 aliphatic heterocycles. The first-order valence-corrected chi connectivity index (χ1v) is 5.07. The molecule has 2 nitrogen and oxygen atoms in total. The van der Waals surface area contributed by atoms with Gasteiger partial charge in [-0.1, -0.05) is 19.4 Å². The number of fused-ring (bicyclic) bond motifs is 2. The lowest BCUT2D eigenvalue weighted by Crippen LogP contribution is -2.27. The summed E-state index contributed by atoms with van der Waals surface area (Å²) in [4.78, 5) is 10.9. The zero-order valence-electron chi connectivity index (χ0n) is 7.88. The number of carbonyl (C=O) groups is 1. The van der Waals surface area contributed by atoms with E-state index in [1.54, 1.807) is 0 Å². The van der Waals surface area contributed by atoms with Gasteiger partial charge in [0.15, 0.2) is 0 Å². The number of carboxylic acid groups (broad SMARTS) is 1. The Balaban J connectivity index is 2.20. The highest BCUT2D eigenvalue weighted by Gasteiger charge is 2.45. The van der Waals surface area contributed by atoms with Crippen molar-refractivity contribution in [1.29, 1.82) is 0 Å². The Bertz CT molecular complexity index is 253. The second-order valence-corrected chi connectivity index (χ2v) is 4.57. The van der Waals surface area contributed by atoms with Crippen LogP contribution in [0.3, 0.4) is 0 Å². The summed E-state index contributed by atoms with van der Waals surface area (Å²) in [7, 11) is 0. The van der Waals surface area contributed by atoms with Gasteiger partial charge in [0.2, 0.25) is 0 Å². The summed E-state index contributed by atoms with van der Waals surface area (Å²) in [6.45, 7) is 3.75. The fourth-order valence-corrected chi connectivity index (χ4v) is 3.09. The van der Waals surface area contributed by atoms with Gasteiger partial charge in [-0.25, -0.2) is 4.79 Å². The largest absolute Gasteiger partial charge is 0.478 e. The molecule has 0 spiro atoms. The first-order chi connectivity index (χ1) is 6.14. The molecule has 0 aromatic carbocycles. The van der Waals surface area contributed by atoms with Crippen LogP contribution >= 0.6 is 0 Å². The third-order valence-electron chi connectivity index (χ3n) is 3.88. The lowest BCUT2D eigenvalue weighted by atomic mass is 9.71. The molecule has 2 bridgehead atoms. The zero-order chi connectivity index (χ0) is 9.47. The highest BCUT2D eigenvalue weighted by atomic mass is 16.4. The highest BCUT2D eigenvalue weighted by molar-refractivity contribution is 5.87. The van der Waals surface area contributed by atoms with Crippen molar-refractivity contribution in [3.63, 3.8) is 0 Å². The Labute approximate surface area is 78.6 Å². The van der Waals surface area contributed by atoms with Crippen molar-refractivity contribution in [2.24, 2.45) is 11.3 Å².